The number of aliphatic carboxylic acids is 1. The molecule has 1 atom stereocenters. The van der Waals surface area contributed by atoms with Gasteiger partial charge in [-0.2, -0.15) is 5.26 Å². The average Bonchev–Trinajstić information content (AvgIpc) is 2.11. The molecule has 1 amide bonds. The lowest BCUT2D eigenvalue weighted by atomic mass is 10.5. The Labute approximate surface area is 83.4 Å². The third-order valence-electron chi connectivity index (χ3n) is 1.20. The molecule has 2 N–H and O–H groups in total. The highest BCUT2D eigenvalue weighted by molar-refractivity contribution is 7.85. The Kier molecular flexibility index (Phi) is 6.32. The van der Waals surface area contributed by atoms with Gasteiger partial charge < -0.3 is 10.4 Å². The Hall–Kier alpha value is -1.42. The number of rotatable bonds is 6. The fraction of sp³-hybridized carbons (Fsp3) is 0.571. The molecule has 0 aliphatic heterocycles. The first-order valence-corrected chi connectivity index (χ1v) is 5.25. The summed E-state index contributed by atoms with van der Waals surface area (Å²) in [6.45, 7) is -0.130. The van der Waals surface area contributed by atoms with Crippen LogP contribution in [0.1, 0.15) is 6.42 Å². The number of carbonyl (C=O) groups excluding carboxylic acids is 1. The average molecular weight is 218 g/mol. The summed E-state index contributed by atoms with van der Waals surface area (Å²) in [5.41, 5.74) is 0. The molecular weight excluding hydrogens is 208 g/mol. The van der Waals surface area contributed by atoms with Crippen LogP contribution in [0, 0.1) is 11.3 Å². The van der Waals surface area contributed by atoms with Gasteiger partial charge in [-0.15, -0.1) is 0 Å². The lowest BCUT2D eigenvalue weighted by Crippen LogP contribution is -2.29. The molecule has 0 aromatic heterocycles. The Balaban J connectivity index is 3.67. The predicted molar refractivity (Wildman–Crippen MR) is 48.8 cm³/mol. The standard InChI is InChI=1S/C7H10N2O4S/c8-2-3-9-6(10)5-14(13)4-1-7(11)12/h1,3-5H2,(H,9,10)(H,11,12). The minimum absolute atomic E-state index is 0.0463. The Bertz CT molecular complexity index is 284. The van der Waals surface area contributed by atoms with Crippen LogP contribution >= 0.6 is 0 Å². The van der Waals surface area contributed by atoms with Crippen molar-refractivity contribution in [1.82, 2.24) is 5.32 Å². The first kappa shape index (κ1) is 12.6. The number of carboxylic acids is 1. The van der Waals surface area contributed by atoms with E-state index in [9.17, 15) is 13.8 Å². The van der Waals surface area contributed by atoms with E-state index in [1.807, 2.05) is 0 Å². The third-order valence-corrected chi connectivity index (χ3v) is 2.44. The second-order valence-electron chi connectivity index (χ2n) is 2.37. The number of nitrogens with one attached hydrogen (secondary N) is 1. The molecule has 0 spiro atoms. The minimum atomic E-state index is -1.48. The monoisotopic (exact) mass is 218 g/mol. The number of carboxylic acid groups (broad SMARTS) is 1. The second-order valence-corrected chi connectivity index (χ2v) is 3.94. The van der Waals surface area contributed by atoms with E-state index in [1.54, 1.807) is 6.07 Å². The Morgan fingerprint density at radius 3 is 2.64 bits per heavy atom. The largest absolute Gasteiger partial charge is 0.481 e. The zero-order valence-corrected chi connectivity index (χ0v) is 8.17. The van der Waals surface area contributed by atoms with Gasteiger partial charge >= 0.3 is 5.97 Å². The summed E-state index contributed by atoms with van der Waals surface area (Å²) < 4.78 is 11.0. The second kappa shape index (κ2) is 7.03. The van der Waals surface area contributed by atoms with E-state index >= 15 is 0 Å². The molecule has 0 aromatic rings. The molecule has 0 aromatic carbocycles. The van der Waals surface area contributed by atoms with Crippen molar-refractivity contribution in [2.45, 2.75) is 6.42 Å². The van der Waals surface area contributed by atoms with Crippen LogP contribution < -0.4 is 5.32 Å². The molecule has 78 valence electrons. The maximum absolute atomic E-state index is 11.0. The lowest BCUT2D eigenvalue weighted by molar-refractivity contribution is -0.136. The van der Waals surface area contributed by atoms with Crippen LogP contribution in [0.2, 0.25) is 0 Å². The van der Waals surface area contributed by atoms with Crippen molar-refractivity contribution in [2.24, 2.45) is 0 Å². The molecule has 0 radical (unpaired) electrons. The minimum Gasteiger partial charge on any atom is -0.481 e. The van der Waals surface area contributed by atoms with Gasteiger partial charge in [0.05, 0.1) is 12.5 Å². The van der Waals surface area contributed by atoms with Crippen LogP contribution in [-0.4, -0.2) is 39.2 Å². The fourth-order valence-corrected chi connectivity index (χ4v) is 1.55. The number of nitriles is 1. The van der Waals surface area contributed by atoms with Crippen LogP contribution in [0.15, 0.2) is 0 Å². The van der Waals surface area contributed by atoms with Crippen molar-refractivity contribution in [3.05, 3.63) is 0 Å². The van der Waals surface area contributed by atoms with Crippen LogP contribution in [0.5, 0.6) is 0 Å². The van der Waals surface area contributed by atoms with E-state index in [0.29, 0.717) is 0 Å². The zero-order chi connectivity index (χ0) is 11.0. The normalized spacial score (nSPS) is 11.4. The summed E-state index contributed by atoms with van der Waals surface area (Å²) >= 11 is 0. The maximum Gasteiger partial charge on any atom is 0.304 e. The van der Waals surface area contributed by atoms with Crippen LogP contribution in [0.25, 0.3) is 0 Å². The fourth-order valence-electron chi connectivity index (χ4n) is 0.609. The Morgan fingerprint density at radius 2 is 2.14 bits per heavy atom. The molecule has 7 heteroatoms. The van der Waals surface area contributed by atoms with Gasteiger partial charge in [0.2, 0.25) is 5.91 Å². The van der Waals surface area contributed by atoms with Crippen molar-refractivity contribution in [3.8, 4) is 6.07 Å². The summed E-state index contributed by atoms with van der Waals surface area (Å²) in [5, 5.41) is 18.6. The predicted octanol–water partition coefficient (Wildman–Crippen LogP) is -1.15. The molecule has 0 aliphatic rings. The number of amides is 1. The highest BCUT2D eigenvalue weighted by Gasteiger charge is 2.08. The smallest absolute Gasteiger partial charge is 0.304 e. The number of hydrogen-bond acceptors (Lipinski definition) is 4. The highest BCUT2D eigenvalue weighted by atomic mass is 32.2. The van der Waals surface area contributed by atoms with Crippen molar-refractivity contribution in [1.29, 1.82) is 5.26 Å². The first-order chi connectivity index (χ1) is 6.56. The van der Waals surface area contributed by atoms with Crippen molar-refractivity contribution < 1.29 is 18.9 Å². The number of nitrogens with zero attached hydrogens (tertiary/aromatic N) is 1. The van der Waals surface area contributed by atoms with E-state index in [0.717, 1.165) is 0 Å². The van der Waals surface area contributed by atoms with Crippen molar-refractivity contribution in [3.63, 3.8) is 0 Å². The zero-order valence-electron chi connectivity index (χ0n) is 7.36. The summed E-state index contributed by atoms with van der Waals surface area (Å²) in [6.07, 6.45) is -0.224. The van der Waals surface area contributed by atoms with Crippen LogP contribution in [-0.2, 0) is 20.4 Å². The summed E-state index contributed by atoms with van der Waals surface area (Å²) in [4.78, 5) is 20.9. The topological polar surface area (TPSA) is 107 Å². The summed E-state index contributed by atoms with van der Waals surface area (Å²) in [7, 11) is -1.48. The van der Waals surface area contributed by atoms with Crippen molar-refractivity contribution >= 4 is 22.7 Å². The Morgan fingerprint density at radius 1 is 1.50 bits per heavy atom. The molecule has 0 aliphatic carbocycles. The molecule has 0 bridgehead atoms. The summed E-state index contributed by atoms with van der Waals surface area (Å²) in [6, 6.07) is 1.70. The quantitative estimate of drug-likeness (QED) is 0.547. The van der Waals surface area contributed by atoms with Gasteiger partial charge in [-0.25, -0.2) is 0 Å². The molecule has 0 rings (SSSR count). The van der Waals surface area contributed by atoms with Gasteiger partial charge in [0.15, 0.2) is 0 Å². The first-order valence-electron chi connectivity index (χ1n) is 3.76. The van der Waals surface area contributed by atoms with E-state index in [-0.39, 0.29) is 24.5 Å². The molecule has 6 nitrogen and oxygen atoms in total. The van der Waals surface area contributed by atoms with Gasteiger partial charge in [0.25, 0.3) is 0 Å². The van der Waals surface area contributed by atoms with Gasteiger partial charge in [0, 0.05) is 16.6 Å². The molecule has 0 saturated heterocycles. The van der Waals surface area contributed by atoms with E-state index in [4.69, 9.17) is 10.4 Å². The molecule has 0 heterocycles. The lowest BCUT2D eigenvalue weighted by Gasteiger charge is -1.99. The van der Waals surface area contributed by atoms with Crippen LogP contribution in [0.4, 0.5) is 0 Å². The molecule has 14 heavy (non-hydrogen) atoms. The molecule has 1 unspecified atom stereocenters. The number of carbonyl (C=O) groups is 2. The van der Waals surface area contributed by atoms with Crippen molar-refractivity contribution in [2.75, 3.05) is 18.1 Å². The summed E-state index contributed by atoms with van der Waals surface area (Å²) in [5.74, 6) is -1.85. The number of hydrogen-bond donors (Lipinski definition) is 2. The van der Waals surface area contributed by atoms with E-state index < -0.39 is 22.7 Å². The van der Waals surface area contributed by atoms with Gasteiger partial charge in [-0.3, -0.25) is 13.8 Å². The molecular formula is C7H10N2O4S. The molecule has 0 saturated carbocycles. The van der Waals surface area contributed by atoms with Gasteiger partial charge in [0.1, 0.15) is 12.3 Å². The SMILES string of the molecule is N#CCNC(=O)CS(=O)CCC(=O)O. The maximum atomic E-state index is 11.0. The highest BCUT2D eigenvalue weighted by Crippen LogP contribution is 1.88. The molecule has 0 fully saturated rings. The van der Waals surface area contributed by atoms with E-state index in [2.05, 4.69) is 5.32 Å². The van der Waals surface area contributed by atoms with Gasteiger partial charge in [-0.1, -0.05) is 0 Å². The van der Waals surface area contributed by atoms with Crippen LogP contribution in [0.3, 0.4) is 0 Å². The van der Waals surface area contributed by atoms with Gasteiger partial charge in [-0.05, 0) is 0 Å². The third kappa shape index (κ3) is 7.24. The van der Waals surface area contributed by atoms with E-state index in [1.165, 1.54) is 0 Å².